The van der Waals surface area contributed by atoms with E-state index >= 15 is 0 Å². The fourth-order valence-corrected chi connectivity index (χ4v) is 8.50. The smallest absolute Gasteiger partial charge is 0.172 e. The van der Waals surface area contributed by atoms with E-state index in [2.05, 4.69) is 174 Å². The van der Waals surface area contributed by atoms with Crippen molar-refractivity contribution in [2.24, 2.45) is 0 Å². The molecule has 0 bridgehead atoms. The molecule has 0 aliphatic carbocycles. The van der Waals surface area contributed by atoms with Crippen molar-refractivity contribution in [2.75, 3.05) is 9.80 Å². The van der Waals surface area contributed by atoms with Crippen molar-refractivity contribution >= 4 is 65.6 Å². The topological polar surface area (TPSA) is 24.9 Å². The number of rotatable bonds is 7. The van der Waals surface area contributed by atoms with Crippen LogP contribution >= 0.6 is 11.3 Å². The van der Waals surface area contributed by atoms with Crippen LogP contribution in [-0.4, -0.2) is 0 Å². The molecule has 8 aromatic carbocycles. The van der Waals surface area contributed by atoms with Gasteiger partial charge in [0.05, 0.1) is 11.4 Å². The number of thiophene rings is 1. The Morgan fingerprint density at radius 3 is 1.58 bits per heavy atom. The van der Waals surface area contributed by atoms with E-state index in [4.69, 9.17) is 9.47 Å². The summed E-state index contributed by atoms with van der Waals surface area (Å²) in [5.74, 6) is 2.79. The molecule has 0 amide bonds. The van der Waals surface area contributed by atoms with Crippen molar-refractivity contribution in [1.29, 1.82) is 0 Å². The minimum atomic E-state index is 0.678. The number of nitrogens with zero attached hydrogens (tertiary/aromatic N) is 2. The Morgan fingerprint density at radius 2 is 0.887 bits per heavy atom. The number of fused-ring (bicyclic) bond motifs is 5. The van der Waals surface area contributed by atoms with Gasteiger partial charge in [0.15, 0.2) is 23.0 Å². The van der Waals surface area contributed by atoms with E-state index in [-0.39, 0.29) is 0 Å². The summed E-state index contributed by atoms with van der Waals surface area (Å²) < 4.78 is 15.1. The van der Waals surface area contributed by atoms with Crippen molar-refractivity contribution in [2.45, 2.75) is 0 Å². The summed E-state index contributed by atoms with van der Waals surface area (Å²) in [5.41, 5.74) is 8.64. The Hall–Kier alpha value is -6.82. The van der Waals surface area contributed by atoms with Gasteiger partial charge in [-0.05, 0) is 90.5 Å². The van der Waals surface area contributed by atoms with Gasteiger partial charge in [-0.3, -0.25) is 0 Å². The first-order valence-corrected chi connectivity index (χ1v) is 18.5. The van der Waals surface area contributed by atoms with Gasteiger partial charge in [0.2, 0.25) is 0 Å². The average Bonchev–Trinajstić information content (AvgIpc) is 3.60. The van der Waals surface area contributed by atoms with Crippen molar-refractivity contribution in [3.8, 4) is 34.1 Å². The van der Waals surface area contributed by atoms with Gasteiger partial charge in [-0.2, -0.15) is 0 Å². The molecule has 0 radical (unpaired) electrons. The molecular weight excluding hydrogens is 669 g/mol. The summed E-state index contributed by atoms with van der Waals surface area (Å²) in [6.07, 6.45) is 0. The van der Waals surface area contributed by atoms with E-state index in [1.54, 1.807) is 0 Å². The third-order valence-corrected chi connectivity index (χ3v) is 10.8. The van der Waals surface area contributed by atoms with Crippen molar-refractivity contribution in [1.82, 2.24) is 0 Å². The second-order valence-electron chi connectivity index (χ2n) is 12.9. The largest absolute Gasteiger partial charge is 0.450 e. The van der Waals surface area contributed by atoms with E-state index < -0.39 is 0 Å². The number of benzene rings is 8. The molecule has 0 fully saturated rings. The molecule has 0 N–H and O–H groups in total. The highest BCUT2D eigenvalue weighted by Gasteiger charge is 2.25. The fraction of sp³-hybridized carbons (Fsp3) is 0. The highest BCUT2D eigenvalue weighted by atomic mass is 32.1. The summed E-state index contributed by atoms with van der Waals surface area (Å²) in [4.78, 5) is 4.67. The zero-order chi connectivity index (χ0) is 35.1. The van der Waals surface area contributed by atoms with E-state index in [0.29, 0.717) is 23.0 Å². The summed E-state index contributed by atoms with van der Waals surface area (Å²) in [5, 5.41) is 2.49. The molecule has 0 saturated heterocycles. The van der Waals surface area contributed by atoms with Gasteiger partial charge in [-0.25, -0.2) is 0 Å². The van der Waals surface area contributed by atoms with Crippen LogP contribution in [0, 0.1) is 0 Å². The number of hydrogen-bond acceptors (Lipinski definition) is 5. The van der Waals surface area contributed by atoms with E-state index in [1.165, 1.54) is 20.2 Å². The Kier molecular flexibility index (Phi) is 7.63. The zero-order valence-electron chi connectivity index (χ0n) is 28.6. The highest BCUT2D eigenvalue weighted by Crippen LogP contribution is 2.51. The van der Waals surface area contributed by atoms with Crippen molar-refractivity contribution in [3.05, 3.63) is 194 Å². The third-order valence-electron chi connectivity index (χ3n) is 9.67. The summed E-state index contributed by atoms with van der Waals surface area (Å²) in [7, 11) is 0. The first-order chi connectivity index (χ1) is 26.3. The lowest BCUT2D eigenvalue weighted by Crippen LogP contribution is -2.12. The second kappa shape index (κ2) is 13.1. The number of para-hydroxylation sites is 6. The van der Waals surface area contributed by atoms with Gasteiger partial charge in [-0.1, -0.05) is 103 Å². The van der Waals surface area contributed by atoms with Crippen LogP contribution in [0.15, 0.2) is 194 Å². The lowest BCUT2D eigenvalue weighted by atomic mass is 9.95. The highest BCUT2D eigenvalue weighted by molar-refractivity contribution is 7.26. The maximum atomic E-state index is 6.41. The standard InChI is InChI=1S/C48H32N2O2S/c1-4-16-33(17-5-1)49(36-28-29-44-45(31-36)52-43-26-14-13-25-42(43)51-44)37-30-40(48-39-23-11-15-27-46(39)53-47(48)32-37)38-22-10-12-24-41(38)50(34-18-6-2-7-19-34)35-20-8-3-9-21-35/h1-32H. The van der Waals surface area contributed by atoms with E-state index in [1.807, 2.05) is 41.7 Å². The zero-order valence-corrected chi connectivity index (χ0v) is 29.4. The molecule has 0 spiro atoms. The molecular formula is C48H32N2O2S. The van der Waals surface area contributed by atoms with Crippen LogP contribution in [0.1, 0.15) is 0 Å². The molecule has 2 heterocycles. The molecule has 0 unspecified atom stereocenters. The normalized spacial score (nSPS) is 11.7. The van der Waals surface area contributed by atoms with Crippen LogP contribution in [0.2, 0.25) is 0 Å². The van der Waals surface area contributed by atoms with E-state index in [9.17, 15) is 0 Å². The molecule has 9 aromatic rings. The first-order valence-electron chi connectivity index (χ1n) is 17.7. The number of anilines is 6. The van der Waals surface area contributed by atoms with Gasteiger partial charge < -0.3 is 19.3 Å². The maximum Gasteiger partial charge on any atom is 0.172 e. The van der Waals surface area contributed by atoms with Gasteiger partial charge in [0.1, 0.15) is 0 Å². The lowest BCUT2D eigenvalue weighted by Gasteiger charge is -2.30. The molecule has 0 atom stereocenters. The quantitative estimate of drug-likeness (QED) is 0.165. The van der Waals surface area contributed by atoms with Gasteiger partial charge in [0, 0.05) is 54.6 Å². The molecule has 1 aliphatic rings. The molecule has 1 aromatic heterocycles. The van der Waals surface area contributed by atoms with Crippen LogP contribution in [0.5, 0.6) is 23.0 Å². The van der Waals surface area contributed by atoms with Gasteiger partial charge in [0.25, 0.3) is 0 Å². The Bertz CT molecular complexity index is 2710. The Morgan fingerprint density at radius 1 is 0.340 bits per heavy atom. The molecule has 4 nitrogen and oxygen atoms in total. The molecule has 0 saturated carbocycles. The SMILES string of the molecule is c1ccc(N(c2ccc3c(c2)Oc2ccccc2O3)c2cc(-c3ccccc3N(c3ccccc3)c3ccccc3)c3c(c2)sc2ccccc23)cc1. The fourth-order valence-electron chi connectivity index (χ4n) is 7.34. The monoisotopic (exact) mass is 700 g/mol. The molecule has 10 rings (SSSR count). The average molecular weight is 701 g/mol. The Balaban J connectivity index is 1.22. The summed E-state index contributed by atoms with van der Waals surface area (Å²) in [6.45, 7) is 0. The van der Waals surface area contributed by atoms with Crippen molar-refractivity contribution in [3.63, 3.8) is 0 Å². The minimum absolute atomic E-state index is 0.678. The maximum absolute atomic E-state index is 6.41. The van der Waals surface area contributed by atoms with Gasteiger partial charge in [-0.15, -0.1) is 11.3 Å². The predicted octanol–water partition coefficient (Wildman–Crippen LogP) is 14.6. The van der Waals surface area contributed by atoms with Crippen LogP contribution in [-0.2, 0) is 0 Å². The summed E-state index contributed by atoms with van der Waals surface area (Å²) in [6, 6.07) is 67.9. The molecule has 252 valence electrons. The second-order valence-corrected chi connectivity index (χ2v) is 14.0. The number of hydrogen-bond donors (Lipinski definition) is 0. The molecule has 1 aliphatic heterocycles. The predicted molar refractivity (Wildman–Crippen MR) is 221 cm³/mol. The summed E-state index contributed by atoms with van der Waals surface area (Å²) >= 11 is 1.83. The van der Waals surface area contributed by atoms with Crippen LogP contribution in [0.4, 0.5) is 34.1 Å². The minimum Gasteiger partial charge on any atom is -0.450 e. The molecule has 5 heteroatoms. The molecule has 53 heavy (non-hydrogen) atoms. The first kappa shape index (κ1) is 31.0. The third kappa shape index (κ3) is 5.55. The number of ether oxygens (including phenoxy) is 2. The van der Waals surface area contributed by atoms with Gasteiger partial charge >= 0.3 is 0 Å². The van der Waals surface area contributed by atoms with Crippen LogP contribution in [0.25, 0.3) is 31.3 Å². The van der Waals surface area contributed by atoms with Crippen LogP contribution in [0.3, 0.4) is 0 Å². The lowest BCUT2D eigenvalue weighted by molar-refractivity contribution is 0.360. The van der Waals surface area contributed by atoms with E-state index in [0.717, 1.165) is 45.3 Å². The van der Waals surface area contributed by atoms with Crippen LogP contribution < -0.4 is 19.3 Å². The van der Waals surface area contributed by atoms with Crippen molar-refractivity contribution < 1.29 is 9.47 Å². The Labute approximate surface area is 312 Å².